The van der Waals surface area contributed by atoms with Gasteiger partial charge >= 0.3 is 0 Å². The predicted octanol–water partition coefficient (Wildman–Crippen LogP) is 2.72. The molecule has 0 spiro atoms. The SMILES string of the molecule is CCCOC(C)(OOC)C(CC(C)(C)O[SiH3])(OCCC)OCCC. The number of hydrogen-bond acceptors (Lipinski definition) is 6. The van der Waals surface area contributed by atoms with Crippen molar-refractivity contribution < 1.29 is 28.4 Å². The Balaban J connectivity index is 5.83. The molecule has 1 unspecified atom stereocenters. The maximum atomic E-state index is 6.22. The lowest BCUT2D eigenvalue weighted by molar-refractivity contribution is -0.496. The molecule has 0 aromatic heterocycles. The minimum Gasteiger partial charge on any atom is -0.423 e. The van der Waals surface area contributed by atoms with Crippen molar-refractivity contribution in [2.75, 3.05) is 26.9 Å². The normalized spacial score (nSPS) is 15.6. The van der Waals surface area contributed by atoms with Gasteiger partial charge in [-0.1, -0.05) is 20.8 Å². The van der Waals surface area contributed by atoms with E-state index in [2.05, 4.69) is 13.8 Å². The molecule has 1 atom stereocenters. The van der Waals surface area contributed by atoms with E-state index in [0.717, 1.165) is 19.3 Å². The molecule has 0 aliphatic rings. The maximum Gasteiger partial charge on any atom is 0.253 e. The summed E-state index contributed by atoms with van der Waals surface area (Å²) in [7, 11) is 2.08. The number of hydrogen-bond donors (Lipinski definition) is 0. The van der Waals surface area contributed by atoms with Crippen molar-refractivity contribution in [3.05, 3.63) is 0 Å². The van der Waals surface area contributed by atoms with Gasteiger partial charge in [-0.05, 0) is 40.0 Å². The molecule has 0 aliphatic carbocycles. The first-order chi connectivity index (χ1) is 11.3. The molecule has 0 rings (SSSR count). The molecule has 0 N–H and O–H groups in total. The van der Waals surface area contributed by atoms with Crippen LogP contribution in [-0.2, 0) is 28.4 Å². The Morgan fingerprint density at radius 3 is 1.62 bits per heavy atom. The van der Waals surface area contributed by atoms with E-state index in [-0.39, 0.29) is 0 Å². The fourth-order valence-corrected chi connectivity index (χ4v) is 2.53. The maximum absolute atomic E-state index is 6.22. The van der Waals surface area contributed by atoms with Gasteiger partial charge in [0.1, 0.15) is 10.5 Å². The van der Waals surface area contributed by atoms with E-state index in [4.69, 9.17) is 28.4 Å². The van der Waals surface area contributed by atoms with Gasteiger partial charge in [0.2, 0.25) is 5.79 Å². The zero-order valence-corrected chi connectivity index (χ0v) is 18.9. The van der Waals surface area contributed by atoms with Crippen LogP contribution in [0, 0.1) is 0 Å². The van der Waals surface area contributed by atoms with Crippen molar-refractivity contribution in [2.24, 2.45) is 0 Å². The second-order valence-corrected chi connectivity index (χ2v) is 7.04. The van der Waals surface area contributed by atoms with Gasteiger partial charge in [0.05, 0.1) is 19.3 Å². The first-order valence-electron chi connectivity index (χ1n) is 8.95. The van der Waals surface area contributed by atoms with E-state index in [1.54, 1.807) is 6.92 Å². The summed E-state index contributed by atoms with van der Waals surface area (Å²) in [5.74, 6) is -2.34. The van der Waals surface area contributed by atoms with E-state index >= 15 is 0 Å². The second kappa shape index (κ2) is 11.6. The molecule has 146 valence electrons. The number of ether oxygens (including phenoxy) is 3. The summed E-state index contributed by atoms with van der Waals surface area (Å²) in [6, 6.07) is 0. The molecule has 0 fully saturated rings. The minimum absolute atomic E-state index is 0.429. The zero-order valence-electron chi connectivity index (χ0n) is 16.9. The van der Waals surface area contributed by atoms with E-state index in [1.165, 1.54) is 7.11 Å². The molecule has 0 heterocycles. The average molecular weight is 367 g/mol. The molecule has 0 saturated carbocycles. The van der Waals surface area contributed by atoms with Gasteiger partial charge in [-0.2, -0.15) is 4.89 Å². The van der Waals surface area contributed by atoms with Crippen LogP contribution in [0.15, 0.2) is 0 Å². The van der Waals surface area contributed by atoms with Crippen molar-refractivity contribution in [1.82, 2.24) is 0 Å². The lowest BCUT2D eigenvalue weighted by Gasteiger charge is -2.48. The summed E-state index contributed by atoms with van der Waals surface area (Å²) >= 11 is 0. The van der Waals surface area contributed by atoms with Gasteiger partial charge in [-0.25, -0.2) is 4.89 Å². The largest absolute Gasteiger partial charge is 0.423 e. The van der Waals surface area contributed by atoms with Gasteiger partial charge in [-0.3, -0.25) is 0 Å². The standard InChI is InChI=1S/C17H38O6Si/c1-8-11-19-16(6,22-18-7)17(20-12-9-2,21-13-10-3)14-15(4,5)23-24/h8-14H2,1-7,24H3. The molecular formula is C17H38O6Si. The Kier molecular flexibility index (Phi) is 11.6. The lowest BCUT2D eigenvalue weighted by Crippen LogP contribution is -2.62. The summed E-state index contributed by atoms with van der Waals surface area (Å²) in [5, 5.41) is 0. The lowest BCUT2D eigenvalue weighted by atomic mass is 9.92. The third-order valence-corrected chi connectivity index (χ3v) is 4.91. The smallest absolute Gasteiger partial charge is 0.253 e. The van der Waals surface area contributed by atoms with Crippen molar-refractivity contribution in [1.29, 1.82) is 0 Å². The molecular weight excluding hydrogens is 328 g/mol. The first-order valence-corrected chi connectivity index (χ1v) is 9.76. The van der Waals surface area contributed by atoms with Crippen LogP contribution < -0.4 is 0 Å². The highest BCUT2D eigenvalue weighted by atomic mass is 28.2. The molecule has 24 heavy (non-hydrogen) atoms. The molecule has 0 aromatic rings. The third-order valence-electron chi connectivity index (χ3n) is 3.81. The average Bonchev–Trinajstić information content (AvgIpc) is 2.55. The number of rotatable bonds is 15. The highest BCUT2D eigenvalue weighted by molar-refractivity contribution is 5.98. The second-order valence-electron chi connectivity index (χ2n) is 6.63. The Bertz CT molecular complexity index is 318. The fraction of sp³-hybridized carbons (Fsp3) is 1.00. The molecule has 0 aliphatic heterocycles. The van der Waals surface area contributed by atoms with Gasteiger partial charge in [0.15, 0.2) is 0 Å². The van der Waals surface area contributed by atoms with Crippen LogP contribution in [-0.4, -0.2) is 54.6 Å². The summed E-state index contributed by atoms with van der Waals surface area (Å²) in [6.45, 7) is 13.6. The molecule has 0 aromatic carbocycles. The van der Waals surface area contributed by atoms with Crippen LogP contribution in [0.25, 0.3) is 0 Å². The van der Waals surface area contributed by atoms with Crippen molar-refractivity contribution in [3.63, 3.8) is 0 Å². The molecule has 0 amide bonds. The Hall–Kier alpha value is -0.0231. The monoisotopic (exact) mass is 366 g/mol. The van der Waals surface area contributed by atoms with Crippen molar-refractivity contribution in [3.8, 4) is 0 Å². The molecule has 0 bridgehead atoms. The van der Waals surface area contributed by atoms with E-state index in [0.29, 0.717) is 36.7 Å². The van der Waals surface area contributed by atoms with Crippen LogP contribution in [0.1, 0.15) is 67.2 Å². The van der Waals surface area contributed by atoms with Crippen molar-refractivity contribution in [2.45, 2.75) is 84.4 Å². The third kappa shape index (κ3) is 7.07. The predicted molar refractivity (Wildman–Crippen MR) is 97.7 cm³/mol. The molecule has 7 heteroatoms. The summed E-state index contributed by atoms with van der Waals surface area (Å²) < 4.78 is 24.2. The van der Waals surface area contributed by atoms with Crippen LogP contribution in [0.3, 0.4) is 0 Å². The zero-order chi connectivity index (χ0) is 18.7. The summed E-state index contributed by atoms with van der Waals surface area (Å²) in [4.78, 5) is 10.6. The van der Waals surface area contributed by atoms with E-state index in [1.807, 2.05) is 20.8 Å². The summed E-state index contributed by atoms with van der Waals surface area (Å²) in [5.41, 5.74) is -0.429. The van der Waals surface area contributed by atoms with Crippen molar-refractivity contribution >= 4 is 10.5 Å². The fourth-order valence-electron chi connectivity index (χ4n) is 2.39. The summed E-state index contributed by atoms with van der Waals surface area (Å²) in [6.07, 6.45) is 3.03. The topological polar surface area (TPSA) is 55.4 Å². The van der Waals surface area contributed by atoms with Gasteiger partial charge in [-0.15, -0.1) is 0 Å². The van der Waals surface area contributed by atoms with E-state index in [9.17, 15) is 0 Å². The van der Waals surface area contributed by atoms with Crippen LogP contribution in [0.5, 0.6) is 0 Å². The van der Waals surface area contributed by atoms with Crippen LogP contribution >= 0.6 is 0 Å². The van der Waals surface area contributed by atoms with E-state index < -0.39 is 17.2 Å². The minimum atomic E-state index is -1.21. The van der Waals surface area contributed by atoms with Gasteiger partial charge < -0.3 is 18.6 Å². The highest BCUT2D eigenvalue weighted by Crippen LogP contribution is 2.40. The molecule has 0 saturated heterocycles. The molecule has 0 radical (unpaired) electrons. The Morgan fingerprint density at radius 2 is 1.25 bits per heavy atom. The Morgan fingerprint density at radius 1 is 0.792 bits per heavy atom. The quantitative estimate of drug-likeness (QED) is 0.192. The van der Waals surface area contributed by atoms with Gasteiger partial charge in [0.25, 0.3) is 5.79 Å². The van der Waals surface area contributed by atoms with Crippen LogP contribution in [0.2, 0.25) is 0 Å². The first kappa shape index (κ1) is 24.0. The highest BCUT2D eigenvalue weighted by Gasteiger charge is 2.57. The Labute approximate surface area is 150 Å². The van der Waals surface area contributed by atoms with Gasteiger partial charge in [0, 0.05) is 19.6 Å². The molecule has 6 nitrogen and oxygen atoms in total. The van der Waals surface area contributed by atoms with Crippen LogP contribution in [0.4, 0.5) is 0 Å².